The molecule has 2 aromatic rings. The van der Waals surface area contributed by atoms with Gasteiger partial charge in [-0.15, -0.1) is 0 Å². The molecule has 0 spiro atoms. The van der Waals surface area contributed by atoms with E-state index >= 15 is 0 Å². The number of benzene rings is 1. The molecule has 0 fully saturated rings. The van der Waals surface area contributed by atoms with Gasteiger partial charge in [-0.25, -0.2) is 0 Å². The molecule has 1 heterocycles. The lowest BCUT2D eigenvalue weighted by Gasteiger charge is -2.25. The van der Waals surface area contributed by atoms with Gasteiger partial charge in [-0.1, -0.05) is 17.7 Å². The van der Waals surface area contributed by atoms with Crippen LogP contribution in [0.4, 0.5) is 0 Å². The van der Waals surface area contributed by atoms with E-state index in [2.05, 4.69) is 0 Å². The number of ether oxygens (including phenoxy) is 2. The van der Waals surface area contributed by atoms with Crippen molar-refractivity contribution in [2.75, 3.05) is 20.3 Å². The number of carbonyl (C=O) groups is 1. The molecule has 0 aliphatic carbocycles. The fourth-order valence-corrected chi connectivity index (χ4v) is 2.29. The molecule has 0 bridgehead atoms. The number of nitrogens with zero attached hydrogens (tertiary/aromatic N) is 1. The maximum absolute atomic E-state index is 12.6. The Balaban J connectivity index is 2.02. The lowest BCUT2D eigenvalue weighted by Crippen LogP contribution is -2.41. The Morgan fingerprint density at radius 3 is 2.83 bits per heavy atom. The molecule has 6 heteroatoms. The van der Waals surface area contributed by atoms with E-state index in [9.17, 15) is 4.79 Å². The first kappa shape index (κ1) is 17.4. The molecule has 0 saturated carbocycles. The number of hydrogen-bond donors (Lipinski definition) is 0. The minimum atomic E-state index is -0.639. The Morgan fingerprint density at radius 2 is 2.17 bits per heavy atom. The van der Waals surface area contributed by atoms with Crippen molar-refractivity contribution in [2.24, 2.45) is 0 Å². The first-order valence-corrected chi connectivity index (χ1v) is 7.70. The maximum Gasteiger partial charge on any atom is 0.263 e. The highest BCUT2D eigenvalue weighted by atomic mass is 35.5. The molecule has 0 aliphatic heterocycles. The number of methoxy groups -OCH3 is 1. The van der Waals surface area contributed by atoms with Gasteiger partial charge in [0.05, 0.1) is 19.4 Å². The number of halogens is 1. The van der Waals surface area contributed by atoms with Crippen LogP contribution in [0, 0.1) is 0 Å². The summed E-state index contributed by atoms with van der Waals surface area (Å²) in [5, 5.41) is 0.564. The van der Waals surface area contributed by atoms with Gasteiger partial charge in [0.15, 0.2) is 6.10 Å². The number of hydrogen-bond acceptors (Lipinski definition) is 4. The summed E-state index contributed by atoms with van der Waals surface area (Å²) in [5.74, 6) is 1.13. The first-order valence-electron chi connectivity index (χ1n) is 7.32. The van der Waals surface area contributed by atoms with Gasteiger partial charge in [0.2, 0.25) is 0 Å². The van der Waals surface area contributed by atoms with Crippen molar-refractivity contribution in [3.05, 3.63) is 53.4 Å². The van der Waals surface area contributed by atoms with Crippen molar-refractivity contribution in [3.63, 3.8) is 0 Å². The second-order valence-electron chi connectivity index (χ2n) is 5.05. The van der Waals surface area contributed by atoms with Gasteiger partial charge >= 0.3 is 0 Å². The normalized spacial score (nSPS) is 12.0. The van der Waals surface area contributed by atoms with Crippen molar-refractivity contribution in [1.82, 2.24) is 4.90 Å². The number of carbonyl (C=O) groups excluding carboxylic acids is 1. The summed E-state index contributed by atoms with van der Waals surface area (Å²) in [5.41, 5.74) is 0. The van der Waals surface area contributed by atoms with E-state index in [1.54, 1.807) is 55.5 Å². The Labute approximate surface area is 140 Å². The predicted molar refractivity (Wildman–Crippen MR) is 87.5 cm³/mol. The summed E-state index contributed by atoms with van der Waals surface area (Å²) < 4.78 is 16.1. The fourth-order valence-electron chi connectivity index (χ4n) is 2.11. The van der Waals surface area contributed by atoms with E-state index < -0.39 is 6.10 Å². The van der Waals surface area contributed by atoms with Crippen molar-refractivity contribution in [3.8, 4) is 5.75 Å². The molecule has 1 aromatic heterocycles. The van der Waals surface area contributed by atoms with Crippen LogP contribution < -0.4 is 4.74 Å². The monoisotopic (exact) mass is 337 g/mol. The Morgan fingerprint density at radius 1 is 1.35 bits per heavy atom. The lowest BCUT2D eigenvalue weighted by atomic mass is 10.3. The van der Waals surface area contributed by atoms with Crippen molar-refractivity contribution in [2.45, 2.75) is 19.6 Å². The average molecular weight is 338 g/mol. The Kier molecular flexibility index (Phi) is 6.50. The topological polar surface area (TPSA) is 51.9 Å². The van der Waals surface area contributed by atoms with E-state index in [0.29, 0.717) is 36.2 Å². The van der Waals surface area contributed by atoms with Crippen LogP contribution in [0.1, 0.15) is 12.7 Å². The second kappa shape index (κ2) is 8.60. The zero-order valence-corrected chi connectivity index (χ0v) is 14.0. The molecule has 124 valence electrons. The number of amides is 1. The third-order valence-electron chi connectivity index (χ3n) is 3.26. The molecule has 1 aromatic carbocycles. The fraction of sp³-hybridized carbons (Fsp3) is 0.353. The second-order valence-corrected chi connectivity index (χ2v) is 5.49. The van der Waals surface area contributed by atoms with Gasteiger partial charge in [-0.3, -0.25) is 4.79 Å². The predicted octanol–water partition coefficient (Wildman–Crippen LogP) is 3.38. The van der Waals surface area contributed by atoms with Crippen LogP contribution >= 0.6 is 11.6 Å². The maximum atomic E-state index is 12.6. The number of rotatable bonds is 8. The molecule has 5 nitrogen and oxygen atoms in total. The highest BCUT2D eigenvalue weighted by Gasteiger charge is 2.23. The summed E-state index contributed by atoms with van der Waals surface area (Å²) in [6.07, 6.45) is 0.945. The molecule has 2 rings (SSSR count). The van der Waals surface area contributed by atoms with Gasteiger partial charge in [0, 0.05) is 18.7 Å². The molecule has 23 heavy (non-hydrogen) atoms. The first-order chi connectivity index (χ1) is 11.1. The molecule has 1 amide bonds. The van der Waals surface area contributed by atoms with Crippen LogP contribution in [-0.2, 0) is 16.1 Å². The Hall–Kier alpha value is -1.98. The summed E-state index contributed by atoms with van der Waals surface area (Å²) in [6.45, 7) is 2.99. The third kappa shape index (κ3) is 5.30. The quantitative estimate of drug-likeness (QED) is 0.741. The summed E-state index contributed by atoms with van der Waals surface area (Å²) in [6, 6.07) is 10.6. The molecule has 0 N–H and O–H groups in total. The molecule has 1 atom stereocenters. The van der Waals surface area contributed by atoms with Crippen LogP contribution in [-0.4, -0.2) is 37.2 Å². The smallest absolute Gasteiger partial charge is 0.263 e. The van der Waals surface area contributed by atoms with E-state index in [4.69, 9.17) is 25.5 Å². The van der Waals surface area contributed by atoms with Crippen LogP contribution in [0.15, 0.2) is 47.1 Å². The molecule has 0 radical (unpaired) electrons. The average Bonchev–Trinajstić information content (AvgIpc) is 3.03. The molecular formula is C17H20ClNO4. The highest BCUT2D eigenvalue weighted by Crippen LogP contribution is 2.19. The largest absolute Gasteiger partial charge is 0.481 e. The summed E-state index contributed by atoms with van der Waals surface area (Å²) in [7, 11) is 1.60. The molecule has 0 aliphatic rings. The van der Waals surface area contributed by atoms with Gasteiger partial charge in [0.25, 0.3) is 5.91 Å². The van der Waals surface area contributed by atoms with E-state index in [0.717, 1.165) is 0 Å². The van der Waals surface area contributed by atoms with Crippen molar-refractivity contribution >= 4 is 17.5 Å². The minimum absolute atomic E-state index is 0.140. The van der Waals surface area contributed by atoms with Crippen molar-refractivity contribution < 1.29 is 18.7 Å². The summed E-state index contributed by atoms with van der Waals surface area (Å²) >= 11 is 5.93. The van der Waals surface area contributed by atoms with Gasteiger partial charge in [-0.05, 0) is 37.3 Å². The standard InChI is InChI=1S/C17H20ClNO4/c1-13(23-15-6-3-5-14(18)11-15)17(20)19(8-10-21-2)12-16-7-4-9-22-16/h3-7,9,11,13H,8,10,12H2,1-2H3. The SMILES string of the molecule is COCCN(Cc1ccco1)C(=O)C(C)Oc1cccc(Cl)c1. The minimum Gasteiger partial charge on any atom is -0.481 e. The molecular weight excluding hydrogens is 318 g/mol. The number of furan rings is 1. The zero-order valence-electron chi connectivity index (χ0n) is 13.2. The Bertz CT molecular complexity index is 615. The van der Waals surface area contributed by atoms with Crippen molar-refractivity contribution in [1.29, 1.82) is 0 Å². The third-order valence-corrected chi connectivity index (χ3v) is 3.50. The van der Waals surface area contributed by atoms with E-state index in [1.165, 1.54) is 0 Å². The zero-order chi connectivity index (χ0) is 16.7. The van der Waals surface area contributed by atoms with Gasteiger partial charge < -0.3 is 18.8 Å². The highest BCUT2D eigenvalue weighted by molar-refractivity contribution is 6.30. The van der Waals surface area contributed by atoms with Crippen LogP contribution in [0.25, 0.3) is 0 Å². The van der Waals surface area contributed by atoms with Crippen LogP contribution in [0.3, 0.4) is 0 Å². The van der Waals surface area contributed by atoms with E-state index in [1.807, 2.05) is 6.07 Å². The molecule has 0 saturated heterocycles. The summed E-state index contributed by atoms with van der Waals surface area (Å²) in [4.78, 5) is 14.3. The van der Waals surface area contributed by atoms with Gasteiger partial charge in [0.1, 0.15) is 11.5 Å². The van der Waals surface area contributed by atoms with Crippen LogP contribution in [0.2, 0.25) is 5.02 Å². The lowest BCUT2D eigenvalue weighted by molar-refractivity contribution is -0.139. The van der Waals surface area contributed by atoms with Gasteiger partial charge in [-0.2, -0.15) is 0 Å². The van der Waals surface area contributed by atoms with Crippen LogP contribution in [0.5, 0.6) is 5.75 Å². The molecule has 1 unspecified atom stereocenters. The van der Waals surface area contributed by atoms with E-state index in [-0.39, 0.29) is 5.91 Å².